The number of carbonyl (C=O) groups is 1. The van der Waals surface area contributed by atoms with Crippen molar-refractivity contribution in [3.8, 4) is 11.3 Å². The quantitative estimate of drug-likeness (QED) is 0.618. The zero-order valence-electron chi connectivity index (χ0n) is 18.1. The summed E-state index contributed by atoms with van der Waals surface area (Å²) in [4.78, 5) is 30.6. The van der Waals surface area contributed by atoms with Gasteiger partial charge in [-0.2, -0.15) is 0 Å². The first-order chi connectivity index (χ1) is 15.7. The second-order valence-electron chi connectivity index (χ2n) is 8.21. The number of morpholine rings is 1. The van der Waals surface area contributed by atoms with Gasteiger partial charge in [0, 0.05) is 56.8 Å². The van der Waals surface area contributed by atoms with E-state index in [1.54, 1.807) is 18.5 Å². The molecule has 0 spiro atoms. The molecule has 9 nitrogen and oxygen atoms in total. The van der Waals surface area contributed by atoms with Crippen LogP contribution in [0.3, 0.4) is 0 Å². The number of pyridine rings is 1. The standard InChI is InChI=1S/C23H26N6O3/c1-16-13-20(32-27-16)19-15-25-23(29-9-11-31-12-10-29)26-21(19)17-4-7-28(8-5-17)22(30)18-3-2-6-24-14-18/h2-3,6,13-15,17H,4-5,7-12H2,1H3. The lowest BCUT2D eigenvalue weighted by molar-refractivity contribution is 0.0711. The average molecular weight is 435 g/mol. The molecule has 32 heavy (non-hydrogen) atoms. The van der Waals surface area contributed by atoms with Gasteiger partial charge >= 0.3 is 0 Å². The molecule has 0 radical (unpaired) electrons. The molecule has 0 N–H and O–H groups in total. The van der Waals surface area contributed by atoms with Gasteiger partial charge in [0.1, 0.15) is 0 Å². The summed E-state index contributed by atoms with van der Waals surface area (Å²) in [6, 6.07) is 5.52. The van der Waals surface area contributed by atoms with Gasteiger partial charge in [-0.05, 0) is 31.9 Å². The van der Waals surface area contributed by atoms with E-state index in [1.807, 2.05) is 30.2 Å². The second-order valence-corrected chi connectivity index (χ2v) is 8.21. The van der Waals surface area contributed by atoms with Crippen LogP contribution in [-0.4, -0.2) is 70.3 Å². The van der Waals surface area contributed by atoms with Crippen LogP contribution < -0.4 is 4.90 Å². The Morgan fingerprint density at radius 1 is 1.12 bits per heavy atom. The molecule has 0 aliphatic carbocycles. The number of likely N-dealkylation sites (tertiary alicyclic amines) is 1. The number of anilines is 1. The molecular weight excluding hydrogens is 408 g/mol. The first kappa shape index (κ1) is 20.6. The van der Waals surface area contributed by atoms with Crippen molar-refractivity contribution in [2.75, 3.05) is 44.3 Å². The number of nitrogens with zero attached hydrogens (tertiary/aromatic N) is 6. The Balaban J connectivity index is 1.39. The maximum absolute atomic E-state index is 12.8. The van der Waals surface area contributed by atoms with Crippen molar-refractivity contribution in [3.63, 3.8) is 0 Å². The van der Waals surface area contributed by atoms with Gasteiger partial charge in [-0.15, -0.1) is 0 Å². The highest BCUT2D eigenvalue weighted by atomic mass is 16.5. The summed E-state index contributed by atoms with van der Waals surface area (Å²) in [6.45, 7) is 6.15. The molecule has 9 heteroatoms. The molecule has 0 bridgehead atoms. The van der Waals surface area contributed by atoms with Gasteiger partial charge in [0.25, 0.3) is 5.91 Å². The summed E-state index contributed by atoms with van der Waals surface area (Å²) >= 11 is 0. The molecule has 2 aliphatic rings. The van der Waals surface area contributed by atoms with E-state index in [0.29, 0.717) is 37.6 Å². The third kappa shape index (κ3) is 4.20. The largest absolute Gasteiger partial charge is 0.378 e. The van der Waals surface area contributed by atoms with E-state index in [4.69, 9.17) is 14.2 Å². The van der Waals surface area contributed by atoms with Crippen molar-refractivity contribution in [1.29, 1.82) is 0 Å². The summed E-state index contributed by atoms with van der Waals surface area (Å²) in [6.07, 6.45) is 6.80. The van der Waals surface area contributed by atoms with Gasteiger partial charge in [-0.1, -0.05) is 5.16 Å². The molecule has 0 atom stereocenters. The lowest BCUT2D eigenvalue weighted by Gasteiger charge is -2.33. The van der Waals surface area contributed by atoms with Crippen molar-refractivity contribution < 1.29 is 14.1 Å². The molecule has 1 amide bonds. The maximum atomic E-state index is 12.8. The minimum atomic E-state index is 0.0272. The van der Waals surface area contributed by atoms with Gasteiger partial charge < -0.3 is 19.1 Å². The molecule has 5 heterocycles. The van der Waals surface area contributed by atoms with Gasteiger partial charge in [0.05, 0.1) is 35.7 Å². The molecule has 2 aliphatic heterocycles. The van der Waals surface area contributed by atoms with Gasteiger partial charge in [-0.25, -0.2) is 9.97 Å². The summed E-state index contributed by atoms with van der Waals surface area (Å²) in [7, 11) is 0. The van der Waals surface area contributed by atoms with Crippen molar-refractivity contribution in [1.82, 2.24) is 25.0 Å². The Bertz CT molecular complexity index is 1070. The number of hydrogen-bond donors (Lipinski definition) is 0. The number of aryl methyl sites for hydroxylation is 1. The van der Waals surface area contributed by atoms with Gasteiger partial charge in [0.2, 0.25) is 5.95 Å². The molecule has 2 fully saturated rings. The Hall–Kier alpha value is -3.33. The highest BCUT2D eigenvalue weighted by Gasteiger charge is 2.29. The van der Waals surface area contributed by atoms with Crippen LogP contribution in [-0.2, 0) is 4.74 Å². The van der Waals surface area contributed by atoms with Crippen LogP contribution in [0.15, 0.2) is 41.3 Å². The Kier molecular flexibility index (Phi) is 5.81. The third-order valence-electron chi connectivity index (χ3n) is 6.07. The van der Waals surface area contributed by atoms with E-state index >= 15 is 0 Å². The normalized spacial score (nSPS) is 17.5. The summed E-state index contributed by atoms with van der Waals surface area (Å²) in [5, 5.41) is 4.04. The number of carbonyl (C=O) groups excluding carboxylic acids is 1. The fraction of sp³-hybridized carbons (Fsp3) is 0.435. The minimum absolute atomic E-state index is 0.0272. The number of ether oxygens (including phenoxy) is 1. The van der Waals surface area contributed by atoms with Crippen molar-refractivity contribution in [2.24, 2.45) is 0 Å². The number of hydrogen-bond acceptors (Lipinski definition) is 8. The maximum Gasteiger partial charge on any atom is 0.255 e. The first-order valence-corrected chi connectivity index (χ1v) is 11.0. The molecule has 0 aromatic carbocycles. The van der Waals surface area contributed by atoms with E-state index in [0.717, 1.165) is 48.8 Å². The molecule has 0 unspecified atom stereocenters. The predicted octanol–water partition coefficient (Wildman–Crippen LogP) is 2.69. The summed E-state index contributed by atoms with van der Waals surface area (Å²) in [5.41, 5.74) is 3.28. The molecule has 5 rings (SSSR count). The van der Waals surface area contributed by atoms with Crippen molar-refractivity contribution in [2.45, 2.75) is 25.7 Å². The predicted molar refractivity (Wildman–Crippen MR) is 117 cm³/mol. The fourth-order valence-electron chi connectivity index (χ4n) is 4.32. The van der Waals surface area contributed by atoms with Crippen LogP contribution in [0.4, 0.5) is 5.95 Å². The average Bonchev–Trinajstić information content (AvgIpc) is 3.30. The number of amides is 1. The molecular formula is C23H26N6O3. The Morgan fingerprint density at radius 3 is 2.62 bits per heavy atom. The van der Waals surface area contributed by atoms with Crippen LogP contribution in [0.2, 0.25) is 0 Å². The van der Waals surface area contributed by atoms with E-state index < -0.39 is 0 Å². The first-order valence-electron chi connectivity index (χ1n) is 11.0. The smallest absolute Gasteiger partial charge is 0.255 e. The van der Waals surface area contributed by atoms with Crippen LogP contribution in [0, 0.1) is 6.92 Å². The number of rotatable bonds is 4. The number of aromatic nitrogens is 4. The highest BCUT2D eigenvalue weighted by molar-refractivity contribution is 5.93. The van der Waals surface area contributed by atoms with E-state index in [2.05, 4.69) is 20.0 Å². The third-order valence-corrected chi connectivity index (χ3v) is 6.07. The Labute approximate surface area is 186 Å². The zero-order valence-corrected chi connectivity index (χ0v) is 18.1. The molecule has 0 saturated carbocycles. The van der Waals surface area contributed by atoms with E-state index in [-0.39, 0.29) is 11.8 Å². The van der Waals surface area contributed by atoms with Crippen molar-refractivity contribution in [3.05, 3.63) is 53.7 Å². The fourth-order valence-corrected chi connectivity index (χ4v) is 4.32. The van der Waals surface area contributed by atoms with Crippen LogP contribution in [0.25, 0.3) is 11.3 Å². The van der Waals surface area contributed by atoms with Gasteiger partial charge in [0.15, 0.2) is 5.76 Å². The monoisotopic (exact) mass is 434 g/mol. The van der Waals surface area contributed by atoms with Crippen LogP contribution in [0.1, 0.15) is 40.5 Å². The molecule has 2 saturated heterocycles. The minimum Gasteiger partial charge on any atom is -0.378 e. The highest BCUT2D eigenvalue weighted by Crippen LogP contribution is 2.35. The van der Waals surface area contributed by atoms with E-state index in [9.17, 15) is 4.79 Å². The second kappa shape index (κ2) is 9.04. The zero-order chi connectivity index (χ0) is 21.9. The number of piperidine rings is 1. The lowest BCUT2D eigenvalue weighted by atomic mass is 9.90. The van der Waals surface area contributed by atoms with Crippen LogP contribution >= 0.6 is 0 Å². The van der Waals surface area contributed by atoms with Crippen LogP contribution in [0.5, 0.6) is 0 Å². The van der Waals surface area contributed by atoms with Crippen molar-refractivity contribution >= 4 is 11.9 Å². The Morgan fingerprint density at radius 2 is 1.94 bits per heavy atom. The molecule has 3 aromatic heterocycles. The SMILES string of the molecule is Cc1cc(-c2cnc(N3CCOCC3)nc2C2CCN(C(=O)c3cccnc3)CC2)on1. The molecule has 3 aromatic rings. The topological polar surface area (TPSA) is 97.5 Å². The van der Waals surface area contributed by atoms with Gasteiger partial charge in [-0.3, -0.25) is 9.78 Å². The summed E-state index contributed by atoms with van der Waals surface area (Å²) < 4.78 is 11.0. The van der Waals surface area contributed by atoms with E-state index in [1.165, 1.54) is 0 Å². The molecule has 166 valence electrons. The summed E-state index contributed by atoms with van der Waals surface area (Å²) in [5.74, 6) is 1.63. The lowest BCUT2D eigenvalue weighted by Crippen LogP contribution is -2.39.